The Balaban J connectivity index is 0.00000200. The van der Waals surface area contributed by atoms with Crippen LogP contribution in [0, 0.1) is 0 Å². The Bertz CT molecular complexity index is 532. The van der Waals surface area contributed by atoms with Crippen molar-refractivity contribution in [3.63, 3.8) is 0 Å². The first kappa shape index (κ1) is 19.4. The van der Waals surface area contributed by atoms with E-state index >= 15 is 0 Å². The summed E-state index contributed by atoms with van der Waals surface area (Å²) in [5.74, 6) is -0.0480. The van der Waals surface area contributed by atoms with Crippen LogP contribution in [0.3, 0.4) is 0 Å². The minimum absolute atomic E-state index is 0. The zero-order valence-electron chi connectivity index (χ0n) is 11.8. The Kier molecular flexibility index (Phi) is 9.45. The van der Waals surface area contributed by atoms with Gasteiger partial charge in [-0.1, -0.05) is 25.1 Å². The van der Waals surface area contributed by atoms with Gasteiger partial charge in [0.15, 0.2) is 0 Å². The number of amides is 1. The molecule has 0 aliphatic rings. The van der Waals surface area contributed by atoms with Gasteiger partial charge in [-0.15, -0.1) is 24.8 Å². The van der Waals surface area contributed by atoms with Gasteiger partial charge in [-0.05, 0) is 24.2 Å². The highest BCUT2D eigenvalue weighted by molar-refractivity contribution is 5.92. The SMILES string of the molecule is CCNCc1ccccc1NC(=O)Cc1ccn[nH]1.Cl.Cl. The number of nitrogens with one attached hydrogen (secondary N) is 3. The average molecular weight is 331 g/mol. The molecule has 0 atom stereocenters. The second-order valence-corrected chi connectivity index (χ2v) is 4.24. The molecule has 1 aromatic carbocycles. The standard InChI is InChI=1S/C14H18N4O.2ClH/c1-2-15-10-11-5-3-4-6-13(11)17-14(19)9-12-7-8-16-18-12;;/h3-8,15H,2,9-10H2,1H3,(H,16,18)(H,17,19);2*1H. The van der Waals surface area contributed by atoms with Crippen LogP contribution in [-0.2, 0) is 17.8 Å². The summed E-state index contributed by atoms with van der Waals surface area (Å²) in [4.78, 5) is 11.9. The van der Waals surface area contributed by atoms with Crippen LogP contribution < -0.4 is 10.6 Å². The minimum Gasteiger partial charge on any atom is -0.325 e. The van der Waals surface area contributed by atoms with Crippen molar-refractivity contribution >= 4 is 36.4 Å². The highest BCUT2D eigenvalue weighted by Gasteiger charge is 2.07. The number of carbonyl (C=O) groups is 1. The largest absolute Gasteiger partial charge is 0.325 e. The second-order valence-electron chi connectivity index (χ2n) is 4.24. The van der Waals surface area contributed by atoms with Crippen molar-refractivity contribution in [1.82, 2.24) is 15.5 Å². The summed E-state index contributed by atoms with van der Waals surface area (Å²) < 4.78 is 0. The van der Waals surface area contributed by atoms with Gasteiger partial charge in [-0.2, -0.15) is 5.10 Å². The lowest BCUT2D eigenvalue weighted by Crippen LogP contribution is -2.18. The zero-order valence-corrected chi connectivity index (χ0v) is 13.4. The number of hydrogen-bond acceptors (Lipinski definition) is 3. The van der Waals surface area contributed by atoms with E-state index in [0.717, 1.165) is 30.0 Å². The Labute approximate surface area is 136 Å². The monoisotopic (exact) mass is 330 g/mol. The Hall–Kier alpha value is -1.56. The summed E-state index contributed by atoms with van der Waals surface area (Å²) in [6, 6.07) is 9.61. The van der Waals surface area contributed by atoms with Crippen LogP contribution in [0.5, 0.6) is 0 Å². The number of aromatic nitrogens is 2. The summed E-state index contributed by atoms with van der Waals surface area (Å²) in [6.45, 7) is 3.70. The molecule has 2 aromatic rings. The number of benzene rings is 1. The van der Waals surface area contributed by atoms with E-state index in [1.54, 1.807) is 12.3 Å². The third-order valence-electron chi connectivity index (χ3n) is 2.77. The third-order valence-corrected chi connectivity index (χ3v) is 2.77. The fraction of sp³-hybridized carbons (Fsp3) is 0.286. The van der Waals surface area contributed by atoms with E-state index < -0.39 is 0 Å². The van der Waals surface area contributed by atoms with Crippen LogP contribution >= 0.6 is 24.8 Å². The molecule has 0 saturated carbocycles. The number of halogens is 2. The van der Waals surface area contributed by atoms with Gasteiger partial charge in [0.1, 0.15) is 0 Å². The van der Waals surface area contributed by atoms with Crippen molar-refractivity contribution in [1.29, 1.82) is 0 Å². The summed E-state index contributed by atoms with van der Waals surface area (Å²) in [6.07, 6.45) is 1.94. The first-order valence-corrected chi connectivity index (χ1v) is 6.36. The number of H-pyrrole nitrogens is 1. The van der Waals surface area contributed by atoms with E-state index in [-0.39, 0.29) is 30.7 Å². The predicted octanol–water partition coefficient (Wildman–Crippen LogP) is 2.54. The van der Waals surface area contributed by atoms with Crippen LogP contribution in [0.4, 0.5) is 5.69 Å². The lowest BCUT2D eigenvalue weighted by molar-refractivity contribution is -0.115. The molecule has 0 saturated heterocycles. The van der Waals surface area contributed by atoms with Crippen LogP contribution in [0.1, 0.15) is 18.2 Å². The molecule has 3 N–H and O–H groups in total. The number of rotatable bonds is 6. The molecule has 0 spiro atoms. The quantitative estimate of drug-likeness (QED) is 0.762. The number of carbonyl (C=O) groups excluding carboxylic acids is 1. The Morgan fingerprint density at radius 2 is 2.00 bits per heavy atom. The van der Waals surface area contributed by atoms with Crippen molar-refractivity contribution in [2.24, 2.45) is 0 Å². The highest BCUT2D eigenvalue weighted by Crippen LogP contribution is 2.15. The molecule has 0 bridgehead atoms. The van der Waals surface area contributed by atoms with Crippen LogP contribution in [0.2, 0.25) is 0 Å². The Morgan fingerprint density at radius 3 is 2.67 bits per heavy atom. The molecule has 7 heteroatoms. The molecule has 0 aliphatic heterocycles. The lowest BCUT2D eigenvalue weighted by Gasteiger charge is -2.11. The van der Waals surface area contributed by atoms with Gasteiger partial charge in [-0.3, -0.25) is 9.89 Å². The Morgan fingerprint density at radius 1 is 1.24 bits per heavy atom. The zero-order chi connectivity index (χ0) is 13.5. The maximum absolute atomic E-state index is 11.9. The van der Waals surface area contributed by atoms with E-state index in [1.807, 2.05) is 24.3 Å². The molecule has 0 unspecified atom stereocenters. The summed E-state index contributed by atoms with van der Waals surface area (Å²) in [5, 5.41) is 12.8. The molecule has 2 rings (SSSR count). The van der Waals surface area contributed by atoms with Gasteiger partial charge in [0.25, 0.3) is 0 Å². The van der Waals surface area contributed by atoms with Crippen molar-refractivity contribution < 1.29 is 4.79 Å². The fourth-order valence-corrected chi connectivity index (χ4v) is 1.81. The van der Waals surface area contributed by atoms with Crippen molar-refractivity contribution in [3.05, 3.63) is 47.8 Å². The lowest BCUT2D eigenvalue weighted by atomic mass is 10.1. The molecule has 1 amide bonds. The van der Waals surface area contributed by atoms with E-state index in [9.17, 15) is 4.79 Å². The topological polar surface area (TPSA) is 69.8 Å². The number of nitrogens with zero attached hydrogens (tertiary/aromatic N) is 1. The maximum atomic E-state index is 11.9. The van der Waals surface area contributed by atoms with E-state index in [4.69, 9.17) is 0 Å². The van der Waals surface area contributed by atoms with Gasteiger partial charge in [0.05, 0.1) is 6.42 Å². The molecular weight excluding hydrogens is 311 g/mol. The fourth-order valence-electron chi connectivity index (χ4n) is 1.81. The molecule has 0 aliphatic carbocycles. The summed E-state index contributed by atoms with van der Waals surface area (Å²) in [5.41, 5.74) is 2.75. The smallest absolute Gasteiger partial charge is 0.230 e. The number of aromatic amines is 1. The van der Waals surface area contributed by atoms with Crippen LogP contribution in [0.15, 0.2) is 36.5 Å². The molecular formula is C14H20Cl2N4O. The van der Waals surface area contributed by atoms with Gasteiger partial charge in [0.2, 0.25) is 5.91 Å². The summed E-state index contributed by atoms with van der Waals surface area (Å²) in [7, 11) is 0. The first-order valence-electron chi connectivity index (χ1n) is 6.36. The van der Waals surface area contributed by atoms with Gasteiger partial charge in [0, 0.05) is 24.1 Å². The van der Waals surface area contributed by atoms with Crippen molar-refractivity contribution in [2.75, 3.05) is 11.9 Å². The minimum atomic E-state index is -0.0480. The van der Waals surface area contributed by atoms with Crippen molar-refractivity contribution in [3.8, 4) is 0 Å². The van der Waals surface area contributed by atoms with Gasteiger partial charge in [-0.25, -0.2) is 0 Å². The molecule has 5 nitrogen and oxygen atoms in total. The van der Waals surface area contributed by atoms with Crippen LogP contribution in [0.25, 0.3) is 0 Å². The first-order chi connectivity index (χ1) is 9.29. The number of para-hydroxylation sites is 1. The average Bonchev–Trinajstić information content (AvgIpc) is 2.90. The second kappa shape index (κ2) is 10.2. The van der Waals surface area contributed by atoms with Crippen molar-refractivity contribution in [2.45, 2.75) is 19.9 Å². The van der Waals surface area contributed by atoms with E-state index in [0.29, 0.717) is 6.42 Å². The highest BCUT2D eigenvalue weighted by atomic mass is 35.5. The molecule has 0 radical (unpaired) electrons. The van der Waals surface area contributed by atoms with Crippen LogP contribution in [-0.4, -0.2) is 22.6 Å². The molecule has 0 fully saturated rings. The number of anilines is 1. The number of hydrogen-bond donors (Lipinski definition) is 3. The van der Waals surface area contributed by atoms with E-state index in [2.05, 4.69) is 27.8 Å². The van der Waals surface area contributed by atoms with Gasteiger partial charge >= 0.3 is 0 Å². The van der Waals surface area contributed by atoms with Gasteiger partial charge < -0.3 is 10.6 Å². The molecule has 1 aromatic heterocycles. The maximum Gasteiger partial charge on any atom is 0.230 e. The predicted molar refractivity (Wildman–Crippen MR) is 89.2 cm³/mol. The molecule has 116 valence electrons. The molecule has 1 heterocycles. The van der Waals surface area contributed by atoms with E-state index in [1.165, 1.54) is 0 Å². The molecule has 21 heavy (non-hydrogen) atoms. The normalized spacial score (nSPS) is 9.38. The summed E-state index contributed by atoms with van der Waals surface area (Å²) >= 11 is 0. The third kappa shape index (κ3) is 6.16.